The van der Waals surface area contributed by atoms with Crippen LogP contribution in [-0.4, -0.2) is 24.8 Å². The molecule has 0 saturated carbocycles. The second-order valence-corrected chi connectivity index (χ2v) is 2.69. The minimum Gasteiger partial charge on any atom is -0.469 e. The molecule has 1 atom stereocenters. The Balaban J connectivity index is 2.54. The minimum absolute atomic E-state index is 0.229. The van der Waals surface area contributed by atoms with Crippen molar-refractivity contribution in [2.24, 2.45) is 5.92 Å². The molecule has 0 radical (unpaired) electrons. The van der Waals surface area contributed by atoms with Gasteiger partial charge in [-0.25, -0.2) is 0 Å². The Labute approximate surface area is 76.1 Å². The van der Waals surface area contributed by atoms with E-state index in [1.807, 2.05) is 0 Å². The number of carbonyl (C=O) groups is 1. The second kappa shape index (κ2) is 4.67. The number of carbonyl (C=O) groups excluding carboxylic acids is 1. The van der Waals surface area contributed by atoms with Crippen LogP contribution in [0.5, 0.6) is 0 Å². The molecule has 72 valence electrons. The third-order valence-corrected chi connectivity index (χ3v) is 1.78. The summed E-state index contributed by atoms with van der Waals surface area (Å²) in [6, 6.07) is 3.49. The van der Waals surface area contributed by atoms with Crippen LogP contribution in [0.1, 0.15) is 5.76 Å². The molecule has 1 N–H and O–H groups in total. The summed E-state index contributed by atoms with van der Waals surface area (Å²) < 4.78 is 9.55. The molecular formula is C9H12O4. The van der Waals surface area contributed by atoms with Crippen LogP contribution in [0.4, 0.5) is 0 Å². The van der Waals surface area contributed by atoms with Crippen LogP contribution >= 0.6 is 0 Å². The van der Waals surface area contributed by atoms with E-state index in [4.69, 9.17) is 9.52 Å². The second-order valence-electron chi connectivity index (χ2n) is 2.69. The number of hydrogen-bond donors (Lipinski definition) is 1. The molecule has 0 aliphatic carbocycles. The number of rotatable bonds is 4. The van der Waals surface area contributed by atoms with Gasteiger partial charge < -0.3 is 14.3 Å². The molecule has 0 saturated heterocycles. The van der Waals surface area contributed by atoms with E-state index >= 15 is 0 Å². The summed E-state index contributed by atoms with van der Waals surface area (Å²) in [5.41, 5.74) is 0. The molecule has 13 heavy (non-hydrogen) atoms. The Morgan fingerprint density at radius 3 is 3.00 bits per heavy atom. The summed E-state index contributed by atoms with van der Waals surface area (Å²) in [7, 11) is 1.30. The van der Waals surface area contributed by atoms with E-state index < -0.39 is 11.9 Å². The van der Waals surface area contributed by atoms with Crippen molar-refractivity contribution in [3.05, 3.63) is 24.2 Å². The van der Waals surface area contributed by atoms with E-state index in [0.717, 1.165) is 0 Å². The van der Waals surface area contributed by atoms with E-state index in [2.05, 4.69) is 4.74 Å². The minimum atomic E-state index is -0.531. The highest BCUT2D eigenvalue weighted by molar-refractivity contribution is 5.72. The first-order valence-corrected chi connectivity index (χ1v) is 3.99. The maximum absolute atomic E-state index is 11.0. The van der Waals surface area contributed by atoms with E-state index in [1.54, 1.807) is 12.1 Å². The SMILES string of the molecule is COC(=O)C(CO)Cc1ccco1. The van der Waals surface area contributed by atoms with Gasteiger partial charge in [0.05, 0.1) is 25.9 Å². The third-order valence-electron chi connectivity index (χ3n) is 1.78. The molecule has 0 fully saturated rings. The van der Waals surface area contributed by atoms with Crippen molar-refractivity contribution in [2.75, 3.05) is 13.7 Å². The van der Waals surface area contributed by atoms with Crippen molar-refractivity contribution in [3.8, 4) is 0 Å². The van der Waals surface area contributed by atoms with Gasteiger partial charge in [0.1, 0.15) is 5.76 Å². The predicted octanol–water partition coefficient (Wildman–Crippen LogP) is 0.604. The molecule has 0 amide bonds. The van der Waals surface area contributed by atoms with Gasteiger partial charge in [-0.05, 0) is 12.1 Å². The van der Waals surface area contributed by atoms with Gasteiger partial charge >= 0.3 is 5.97 Å². The Morgan fingerprint density at radius 1 is 1.77 bits per heavy atom. The molecular weight excluding hydrogens is 172 g/mol. The van der Waals surface area contributed by atoms with Crippen molar-refractivity contribution < 1.29 is 19.1 Å². The van der Waals surface area contributed by atoms with E-state index in [1.165, 1.54) is 13.4 Å². The summed E-state index contributed by atoms with van der Waals surface area (Å²) in [6.07, 6.45) is 1.90. The monoisotopic (exact) mass is 184 g/mol. The largest absolute Gasteiger partial charge is 0.469 e. The molecule has 1 unspecified atom stereocenters. The number of hydrogen-bond acceptors (Lipinski definition) is 4. The van der Waals surface area contributed by atoms with E-state index in [0.29, 0.717) is 12.2 Å². The van der Waals surface area contributed by atoms with Crippen LogP contribution in [-0.2, 0) is 16.0 Å². The number of ether oxygens (including phenoxy) is 1. The summed E-state index contributed by atoms with van der Waals surface area (Å²) in [5.74, 6) is -0.278. The van der Waals surface area contributed by atoms with Crippen LogP contribution in [0.2, 0.25) is 0 Å². The van der Waals surface area contributed by atoms with Gasteiger partial charge in [0.25, 0.3) is 0 Å². The molecule has 1 heterocycles. The van der Waals surface area contributed by atoms with Gasteiger partial charge in [-0.2, -0.15) is 0 Å². The van der Waals surface area contributed by atoms with Crippen molar-refractivity contribution in [1.82, 2.24) is 0 Å². The molecule has 0 aliphatic heterocycles. The normalized spacial score (nSPS) is 12.5. The number of aliphatic hydroxyl groups is 1. The van der Waals surface area contributed by atoms with Crippen LogP contribution in [0.15, 0.2) is 22.8 Å². The molecule has 0 aliphatic rings. The molecule has 1 aromatic heterocycles. The van der Waals surface area contributed by atoms with Crippen LogP contribution in [0.3, 0.4) is 0 Å². The summed E-state index contributed by atoms with van der Waals surface area (Å²) >= 11 is 0. The number of methoxy groups -OCH3 is 1. The molecule has 1 aromatic rings. The summed E-state index contributed by atoms with van der Waals surface area (Å²) in [4.78, 5) is 11.0. The smallest absolute Gasteiger partial charge is 0.311 e. The maximum Gasteiger partial charge on any atom is 0.311 e. The van der Waals surface area contributed by atoms with E-state index in [-0.39, 0.29) is 6.61 Å². The molecule has 0 bridgehead atoms. The fourth-order valence-corrected chi connectivity index (χ4v) is 1.06. The lowest BCUT2D eigenvalue weighted by atomic mass is 10.1. The van der Waals surface area contributed by atoms with Gasteiger partial charge in [0.2, 0.25) is 0 Å². The Bertz CT molecular complexity index is 253. The van der Waals surface area contributed by atoms with Gasteiger partial charge in [-0.15, -0.1) is 0 Å². The average Bonchev–Trinajstić information content (AvgIpc) is 2.65. The van der Waals surface area contributed by atoms with E-state index in [9.17, 15) is 4.79 Å². The highest BCUT2D eigenvalue weighted by Gasteiger charge is 2.19. The van der Waals surface area contributed by atoms with Crippen molar-refractivity contribution in [2.45, 2.75) is 6.42 Å². The fraction of sp³-hybridized carbons (Fsp3) is 0.444. The Hall–Kier alpha value is -1.29. The third kappa shape index (κ3) is 2.59. The number of esters is 1. The van der Waals surface area contributed by atoms with Crippen molar-refractivity contribution in [1.29, 1.82) is 0 Å². The number of aliphatic hydroxyl groups excluding tert-OH is 1. The predicted molar refractivity (Wildman–Crippen MR) is 45.0 cm³/mol. The summed E-state index contributed by atoms with van der Waals surface area (Å²) in [6.45, 7) is -0.229. The zero-order valence-corrected chi connectivity index (χ0v) is 7.40. The zero-order valence-electron chi connectivity index (χ0n) is 7.40. The quantitative estimate of drug-likeness (QED) is 0.696. The Morgan fingerprint density at radius 2 is 2.54 bits per heavy atom. The van der Waals surface area contributed by atoms with Gasteiger partial charge in [0, 0.05) is 6.42 Å². The lowest BCUT2D eigenvalue weighted by Crippen LogP contribution is -2.22. The molecule has 0 aromatic carbocycles. The molecule has 1 rings (SSSR count). The van der Waals surface area contributed by atoms with Gasteiger partial charge in [0.15, 0.2) is 0 Å². The zero-order chi connectivity index (χ0) is 9.68. The fourth-order valence-electron chi connectivity index (χ4n) is 1.06. The van der Waals surface area contributed by atoms with Gasteiger partial charge in [-0.3, -0.25) is 4.79 Å². The highest BCUT2D eigenvalue weighted by Crippen LogP contribution is 2.10. The lowest BCUT2D eigenvalue weighted by molar-refractivity contribution is -0.146. The van der Waals surface area contributed by atoms with Gasteiger partial charge in [-0.1, -0.05) is 0 Å². The molecule has 4 nitrogen and oxygen atoms in total. The topological polar surface area (TPSA) is 59.7 Å². The van der Waals surface area contributed by atoms with Crippen molar-refractivity contribution in [3.63, 3.8) is 0 Å². The number of furan rings is 1. The molecule has 0 spiro atoms. The summed E-state index contributed by atoms with van der Waals surface area (Å²) in [5, 5.41) is 8.88. The maximum atomic E-state index is 11.0. The van der Waals surface area contributed by atoms with Crippen LogP contribution in [0.25, 0.3) is 0 Å². The van der Waals surface area contributed by atoms with Crippen molar-refractivity contribution >= 4 is 5.97 Å². The first-order chi connectivity index (χ1) is 6.27. The van der Waals surface area contributed by atoms with Crippen LogP contribution < -0.4 is 0 Å². The highest BCUT2D eigenvalue weighted by atomic mass is 16.5. The average molecular weight is 184 g/mol. The Kier molecular flexibility index (Phi) is 3.52. The first kappa shape index (κ1) is 9.80. The van der Waals surface area contributed by atoms with Crippen LogP contribution in [0, 0.1) is 5.92 Å². The standard InChI is InChI=1S/C9H12O4/c1-12-9(11)7(6-10)5-8-3-2-4-13-8/h2-4,7,10H,5-6H2,1H3. The molecule has 4 heteroatoms. The first-order valence-electron chi connectivity index (χ1n) is 3.99. The lowest BCUT2D eigenvalue weighted by Gasteiger charge is -2.08.